The zero-order valence-corrected chi connectivity index (χ0v) is 90.0. The summed E-state index contributed by atoms with van der Waals surface area (Å²) in [4.78, 5) is 9.19. The molecule has 144 heavy (non-hydrogen) atoms. The average Bonchev–Trinajstić information content (AvgIpc) is 1.52. The maximum atomic E-state index is 6.85. The van der Waals surface area contributed by atoms with Crippen LogP contribution in [0.4, 0.5) is 0 Å². The summed E-state index contributed by atoms with van der Waals surface area (Å²) in [7, 11) is 8.62. The predicted octanol–water partition coefficient (Wildman–Crippen LogP) is 33.9. The first-order valence-corrected chi connectivity index (χ1v) is 52.9. The fourth-order valence-electron chi connectivity index (χ4n) is 27.2. The molecule has 25 rings (SSSR count). The Morgan fingerprint density at radius 3 is 1.06 bits per heavy atom. The Bertz CT molecular complexity index is 8500. The van der Waals surface area contributed by atoms with Gasteiger partial charge in [0.2, 0.25) is 22.8 Å². The lowest BCUT2D eigenvalue weighted by atomic mass is 9.68. The van der Waals surface area contributed by atoms with Crippen LogP contribution in [-0.2, 0) is 49.9 Å². The van der Waals surface area contributed by atoms with Crippen LogP contribution in [0, 0.1) is 67.2 Å². The maximum absolute atomic E-state index is 6.85. The molecule has 0 N–H and O–H groups in total. The number of benzene rings is 10. The molecule has 10 aromatic carbocycles. The number of hydrogen-bond donors (Lipinski definition) is 0. The van der Waals surface area contributed by atoms with E-state index in [1.165, 1.54) is 264 Å². The summed E-state index contributed by atoms with van der Waals surface area (Å²) < 4.78 is 36.4. The SMILES string of the molecule is Cc1cc(-c2c(C)ccc3c2oc2c4c(ccc23)C(C)(C)c2cnccc2-4)[n+](C)cc1C(C)C.Cc1cc(-c2c(C)ccc3c2oc2c4c(ccc23)C(C)(C)c2ncccc2-4)[n+](C)cc1C(C)C.Cc1cc(-c2c(C)ccc3c2oc2ccc4c(c23)-c2ccccc2C4(CC(C)C)CC(C)C)[n+](C)cc1C(C)C.Cc1cc(-c2c(C)ccc3c2oc2ccc4c(c23)-c2ccccc2C42CCCC2)[n+](C)cc1C(C)C. The lowest BCUT2D eigenvalue weighted by molar-refractivity contribution is -0.661. The summed E-state index contributed by atoms with van der Waals surface area (Å²) >= 11 is 0. The van der Waals surface area contributed by atoms with Crippen molar-refractivity contribution in [2.45, 2.75) is 250 Å². The molecular formula is C134H140N6O4+4. The molecule has 10 heteroatoms. The van der Waals surface area contributed by atoms with Gasteiger partial charge in [-0.15, -0.1) is 0 Å². The van der Waals surface area contributed by atoms with E-state index in [0.717, 1.165) is 63.2 Å². The van der Waals surface area contributed by atoms with Crippen LogP contribution in [0.2, 0.25) is 0 Å². The molecule has 5 aliphatic carbocycles. The van der Waals surface area contributed by atoms with Gasteiger partial charge < -0.3 is 17.7 Å². The Balaban J connectivity index is 0.000000110. The Labute approximate surface area is 850 Å². The van der Waals surface area contributed by atoms with E-state index in [4.69, 9.17) is 22.7 Å². The van der Waals surface area contributed by atoms with Gasteiger partial charge in [-0.05, 0) is 252 Å². The number of rotatable bonds is 12. The predicted molar refractivity (Wildman–Crippen MR) is 596 cm³/mol. The van der Waals surface area contributed by atoms with Gasteiger partial charge in [0.1, 0.15) is 72.9 Å². The average molecular weight is 1900 g/mol. The van der Waals surface area contributed by atoms with Gasteiger partial charge in [-0.25, -0.2) is 18.3 Å². The van der Waals surface area contributed by atoms with Crippen LogP contribution >= 0.6 is 0 Å². The molecule has 0 bridgehead atoms. The highest BCUT2D eigenvalue weighted by Gasteiger charge is 2.49. The lowest BCUT2D eigenvalue weighted by Crippen LogP contribution is -2.32. The number of aromatic nitrogens is 6. The van der Waals surface area contributed by atoms with E-state index in [-0.39, 0.29) is 21.7 Å². The number of furan rings is 4. The summed E-state index contributed by atoms with van der Waals surface area (Å²) in [5.74, 6) is 3.16. The largest absolute Gasteiger partial charge is 0.455 e. The highest BCUT2D eigenvalue weighted by Crippen LogP contribution is 2.63. The van der Waals surface area contributed by atoms with Gasteiger partial charge in [0, 0.05) is 147 Å². The van der Waals surface area contributed by atoms with Crippen molar-refractivity contribution in [3.63, 3.8) is 0 Å². The minimum atomic E-state index is -0.145. The fourth-order valence-corrected chi connectivity index (χ4v) is 27.2. The van der Waals surface area contributed by atoms with Gasteiger partial charge in [-0.3, -0.25) is 9.97 Å². The van der Waals surface area contributed by atoms with Crippen LogP contribution in [0.3, 0.4) is 0 Å². The quantitative estimate of drug-likeness (QED) is 0.113. The van der Waals surface area contributed by atoms with Crippen molar-refractivity contribution in [2.75, 3.05) is 0 Å². The van der Waals surface area contributed by atoms with Gasteiger partial charge in [-0.1, -0.05) is 263 Å². The van der Waals surface area contributed by atoms with Crippen LogP contribution in [0.15, 0.2) is 249 Å². The van der Waals surface area contributed by atoms with Crippen molar-refractivity contribution >= 4 is 87.8 Å². The molecule has 10 nitrogen and oxygen atoms in total. The van der Waals surface area contributed by atoms with Gasteiger partial charge in [-0.2, -0.15) is 0 Å². The van der Waals surface area contributed by atoms with E-state index in [0.29, 0.717) is 35.5 Å². The van der Waals surface area contributed by atoms with Crippen molar-refractivity contribution in [1.82, 2.24) is 9.97 Å². The molecule has 0 unspecified atom stereocenters. The zero-order valence-electron chi connectivity index (χ0n) is 90.0. The molecule has 10 heterocycles. The van der Waals surface area contributed by atoms with Crippen molar-refractivity contribution < 1.29 is 35.9 Å². The molecule has 1 fully saturated rings. The summed E-state index contributed by atoms with van der Waals surface area (Å²) in [5.41, 5.74) is 54.6. The Morgan fingerprint density at radius 1 is 0.299 bits per heavy atom. The topological polar surface area (TPSA) is 93.9 Å². The zero-order chi connectivity index (χ0) is 101. The van der Waals surface area contributed by atoms with Gasteiger partial charge in [0.05, 0.1) is 27.9 Å². The fraction of sp³-hybridized carbons (Fsp3) is 0.328. The molecular weight excluding hydrogens is 1760 g/mol. The van der Waals surface area contributed by atoms with Crippen molar-refractivity contribution in [2.24, 2.45) is 40.0 Å². The highest BCUT2D eigenvalue weighted by molar-refractivity contribution is 6.21. The number of hydrogen-bond acceptors (Lipinski definition) is 6. The molecule has 5 aliphatic rings. The second-order valence-corrected chi connectivity index (χ2v) is 46.4. The molecule has 1 saturated carbocycles. The molecule has 1 spiro atoms. The molecule has 0 aliphatic heterocycles. The molecule has 20 aromatic rings. The standard InChI is InChI=1S/C38H44NO.C34H34NO.2C31H31N2O/c1-22(2)19-38(20-23(3)4)30-13-11-10-12-27(30)35-31(38)16-17-33-36(35)28-15-14-25(7)34(37(28)40-33)32-18-26(8)29(24(5)6)21-39(32)9;1-20(2)25-19-35(5)28(18-22(25)4)30-21(3)12-13-24-32-29(36-33(24)30)15-14-27-31(32)23-10-6-7-11-26(23)34(27)16-8-9-17-34;1-17(2)23-16-33(7)26(14-19(23)4)27-18(3)8-9-20-21-10-11-24-28(30(21)34-29(20)27)22-12-13-32-15-25(22)31(24,5)6;1-17(2)23-16-33(7)25(15-19(23)4)26-18(3)10-11-20-21-12-13-24-27(29(21)34-28(20)26)22-9-8-14-32-30(22)31(24,5)6/h10-18,21-24H,19-20H2,1-9H3;6-7,10-15,18-20H,8-9,16-17H2,1-5H3;2*8-17H,1-7H3/q4*+1. The third-order valence-electron chi connectivity index (χ3n) is 33.9. The first kappa shape index (κ1) is 95.2. The minimum absolute atomic E-state index is 0.0236. The monoisotopic (exact) mass is 1900 g/mol. The van der Waals surface area contributed by atoms with E-state index < -0.39 is 0 Å². The van der Waals surface area contributed by atoms with E-state index in [2.05, 4.69) is 424 Å². The Hall–Kier alpha value is -13.7. The molecule has 726 valence electrons. The minimum Gasteiger partial charge on any atom is -0.455 e. The smallest absolute Gasteiger partial charge is 0.216 e. The van der Waals surface area contributed by atoms with Crippen LogP contribution in [0.1, 0.15) is 284 Å². The van der Waals surface area contributed by atoms with Gasteiger partial charge in [0.25, 0.3) is 0 Å². The second-order valence-electron chi connectivity index (χ2n) is 46.4. The summed E-state index contributed by atoms with van der Waals surface area (Å²) in [6.45, 7) is 54.3. The lowest BCUT2D eigenvalue weighted by Gasteiger charge is -2.35. The van der Waals surface area contributed by atoms with Gasteiger partial charge >= 0.3 is 0 Å². The molecule has 10 aromatic heterocycles. The second kappa shape index (κ2) is 35.1. The van der Waals surface area contributed by atoms with E-state index in [1.807, 2.05) is 24.7 Å². The summed E-state index contributed by atoms with van der Waals surface area (Å²) in [6, 6.07) is 70.3. The summed E-state index contributed by atoms with van der Waals surface area (Å²) in [5, 5.41) is 9.69. The van der Waals surface area contributed by atoms with Crippen LogP contribution in [0.25, 0.3) is 177 Å². The molecule has 0 radical (unpaired) electrons. The van der Waals surface area contributed by atoms with Crippen LogP contribution < -0.4 is 18.3 Å². The molecule has 0 amide bonds. The normalized spacial score (nSPS) is 14.7. The summed E-state index contributed by atoms with van der Waals surface area (Å²) in [6.07, 6.45) is 22.4. The van der Waals surface area contributed by atoms with Crippen molar-refractivity contribution in [1.29, 1.82) is 0 Å². The van der Waals surface area contributed by atoms with E-state index in [9.17, 15) is 0 Å². The van der Waals surface area contributed by atoms with Crippen LogP contribution in [-0.4, -0.2) is 9.97 Å². The van der Waals surface area contributed by atoms with Gasteiger partial charge in [0.15, 0.2) is 24.8 Å². The number of aryl methyl sites for hydroxylation is 12. The van der Waals surface area contributed by atoms with Crippen LogP contribution in [0.5, 0.6) is 0 Å². The third kappa shape index (κ3) is 14.6. The third-order valence-corrected chi connectivity index (χ3v) is 33.9. The number of fused-ring (bicyclic) bond motifs is 30. The van der Waals surface area contributed by atoms with E-state index >= 15 is 0 Å². The first-order valence-electron chi connectivity index (χ1n) is 52.9. The Kier molecular flexibility index (Phi) is 23.2. The van der Waals surface area contributed by atoms with Crippen molar-refractivity contribution in [3.05, 3.63) is 343 Å². The van der Waals surface area contributed by atoms with E-state index in [1.54, 1.807) is 0 Å². The first-order chi connectivity index (χ1) is 68.8. The number of pyridine rings is 6. The maximum Gasteiger partial charge on any atom is 0.216 e. The molecule has 0 atom stereocenters. The number of nitrogens with zero attached hydrogens (tertiary/aromatic N) is 6. The van der Waals surface area contributed by atoms with Crippen molar-refractivity contribution in [3.8, 4) is 89.5 Å². The highest BCUT2D eigenvalue weighted by atomic mass is 16.3. The Morgan fingerprint density at radius 2 is 0.639 bits per heavy atom. The molecule has 0 saturated heterocycles.